The summed E-state index contributed by atoms with van der Waals surface area (Å²) in [6, 6.07) is 4.33. The number of nitrogens with zero attached hydrogens (tertiary/aromatic N) is 1. The predicted molar refractivity (Wildman–Crippen MR) is 78.3 cm³/mol. The molecule has 1 N–H and O–H groups in total. The molecule has 0 radical (unpaired) electrons. The van der Waals surface area contributed by atoms with Gasteiger partial charge in [-0.25, -0.2) is 4.39 Å². The summed E-state index contributed by atoms with van der Waals surface area (Å²) >= 11 is 0. The number of halogens is 1. The fourth-order valence-electron chi connectivity index (χ4n) is 2.51. The lowest BCUT2D eigenvalue weighted by atomic mass is 10.1. The van der Waals surface area contributed by atoms with Crippen LogP contribution in [0.1, 0.15) is 35.2 Å². The van der Waals surface area contributed by atoms with Crippen LogP contribution in [-0.2, 0) is 9.53 Å². The molecule has 1 aliphatic rings. The van der Waals surface area contributed by atoms with Crippen molar-refractivity contribution in [1.29, 1.82) is 0 Å². The first-order chi connectivity index (χ1) is 10.5. The molecule has 0 aliphatic carbocycles. The Kier molecular flexibility index (Phi) is 5.49. The van der Waals surface area contributed by atoms with Gasteiger partial charge in [0.1, 0.15) is 5.82 Å². The van der Waals surface area contributed by atoms with Gasteiger partial charge in [-0.2, -0.15) is 0 Å². The molecule has 22 heavy (non-hydrogen) atoms. The summed E-state index contributed by atoms with van der Waals surface area (Å²) in [4.78, 5) is 24.7. The summed E-state index contributed by atoms with van der Waals surface area (Å²) in [5.41, 5.74) is 0.753. The normalized spacial score (nSPS) is 17.5. The molecule has 0 bridgehead atoms. The fourth-order valence-corrected chi connectivity index (χ4v) is 2.51. The molecule has 1 amide bonds. The van der Waals surface area contributed by atoms with E-state index in [1.54, 1.807) is 13.0 Å². The molecule has 1 saturated heterocycles. The van der Waals surface area contributed by atoms with Crippen LogP contribution in [0.15, 0.2) is 18.2 Å². The Morgan fingerprint density at radius 3 is 2.86 bits per heavy atom. The van der Waals surface area contributed by atoms with Crippen molar-refractivity contribution in [2.45, 2.75) is 32.3 Å². The van der Waals surface area contributed by atoms with E-state index in [1.165, 1.54) is 17.0 Å². The van der Waals surface area contributed by atoms with Crippen LogP contribution < -0.4 is 0 Å². The quantitative estimate of drug-likeness (QED) is 0.875. The van der Waals surface area contributed by atoms with E-state index in [1.807, 2.05) is 0 Å². The van der Waals surface area contributed by atoms with Crippen LogP contribution in [0, 0.1) is 12.7 Å². The van der Waals surface area contributed by atoms with Crippen LogP contribution in [-0.4, -0.2) is 47.7 Å². The van der Waals surface area contributed by atoms with Gasteiger partial charge in [-0.15, -0.1) is 0 Å². The monoisotopic (exact) mass is 309 g/mol. The largest absolute Gasteiger partial charge is 0.481 e. The van der Waals surface area contributed by atoms with Crippen LogP contribution in [0.2, 0.25) is 0 Å². The third kappa shape index (κ3) is 4.27. The number of hydrogen-bond acceptors (Lipinski definition) is 3. The third-order valence-corrected chi connectivity index (χ3v) is 3.68. The second-order valence-corrected chi connectivity index (χ2v) is 5.51. The van der Waals surface area contributed by atoms with E-state index in [9.17, 15) is 14.0 Å². The molecule has 0 saturated carbocycles. The van der Waals surface area contributed by atoms with Crippen molar-refractivity contribution in [1.82, 2.24) is 4.90 Å². The number of amides is 1. The van der Waals surface area contributed by atoms with E-state index >= 15 is 0 Å². The highest BCUT2D eigenvalue weighted by Gasteiger charge is 2.25. The SMILES string of the molecule is Cc1ccc(F)c(C(=O)N(CCC(=O)O)C[C@H]2CCCO2)c1. The minimum absolute atomic E-state index is 0.0246. The van der Waals surface area contributed by atoms with Crippen molar-refractivity contribution in [3.05, 3.63) is 35.1 Å². The number of carboxylic acids is 1. The molecule has 0 unspecified atom stereocenters. The maximum atomic E-state index is 13.9. The average Bonchev–Trinajstić information content (AvgIpc) is 2.98. The lowest BCUT2D eigenvalue weighted by Gasteiger charge is -2.25. The van der Waals surface area contributed by atoms with E-state index in [-0.39, 0.29) is 24.6 Å². The predicted octanol–water partition coefficient (Wildman–Crippen LogP) is 2.23. The minimum atomic E-state index is -0.991. The van der Waals surface area contributed by atoms with Crippen LogP contribution in [0.3, 0.4) is 0 Å². The maximum Gasteiger partial charge on any atom is 0.305 e. The van der Waals surface area contributed by atoms with Crippen LogP contribution in [0.25, 0.3) is 0 Å². The van der Waals surface area contributed by atoms with Gasteiger partial charge in [0, 0.05) is 19.7 Å². The third-order valence-electron chi connectivity index (χ3n) is 3.68. The second-order valence-electron chi connectivity index (χ2n) is 5.51. The number of benzene rings is 1. The fraction of sp³-hybridized carbons (Fsp3) is 0.500. The molecule has 1 fully saturated rings. The van der Waals surface area contributed by atoms with Gasteiger partial charge in [0.2, 0.25) is 0 Å². The van der Waals surface area contributed by atoms with E-state index in [2.05, 4.69) is 0 Å². The number of aliphatic carboxylic acids is 1. The topological polar surface area (TPSA) is 66.8 Å². The maximum absolute atomic E-state index is 13.9. The summed E-state index contributed by atoms with van der Waals surface area (Å²) in [5.74, 6) is -2.07. The lowest BCUT2D eigenvalue weighted by Crippen LogP contribution is -2.39. The molecule has 120 valence electrons. The zero-order chi connectivity index (χ0) is 16.1. The first-order valence-corrected chi connectivity index (χ1v) is 7.36. The first-order valence-electron chi connectivity index (χ1n) is 7.36. The van der Waals surface area contributed by atoms with Gasteiger partial charge in [-0.3, -0.25) is 9.59 Å². The Hall–Kier alpha value is -1.95. The number of carbonyl (C=O) groups is 2. The Bertz CT molecular complexity index is 555. The molecule has 1 aromatic carbocycles. The highest BCUT2D eigenvalue weighted by Crippen LogP contribution is 2.17. The van der Waals surface area contributed by atoms with Crippen molar-refractivity contribution in [2.24, 2.45) is 0 Å². The van der Waals surface area contributed by atoms with Crippen molar-refractivity contribution < 1.29 is 23.8 Å². The van der Waals surface area contributed by atoms with Gasteiger partial charge in [0.05, 0.1) is 18.1 Å². The van der Waals surface area contributed by atoms with E-state index in [0.29, 0.717) is 13.2 Å². The van der Waals surface area contributed by atoms with Gasteiger partial charge >= 0.3 is 5.97 Å². The number of rotatable bonds is 6. The number of carbonyl (C=O) groups excluding carboxylic acids is 1. The summed E-state index contributed by atoms with van der Waals surface area (Å²) in [7, 11) is 0. The zero-order valence-corrected chi connectivity index (χ0v) is 12.5. The summed E-state index contributed by atoms with van der Waals surface area (Å²) in [6.45, 7) is 2.75. The molecular weight excluding hydrogens is 289 g/mol. The molecule has 6 heteroatoms. The molecule has 0 aromatic heterocycles. The van der Waals surface area contributed by atoms with E-state index < -0.39 is 17.7 Å². The Balaban J connectivity index is 2.16. The summed E-state index contributed by atoms with van der Waals surface area (Å²) in [6.07, 6.45) is 1.47. The highest BCUT2D eigenvalue weighted by atomic mass is 19.1. The van der Waals surface area contributed by atoms with Crippen molar-refractivity contribution in [3.63, 3.8) is 0 Å². The Morgan fingerprint density at radius 1 is 1.45 bits per heavy atom. The number of ether oxygens (including phenoxy) is 1. The standard InChI is InChI=1S/C16H20FNO4/c1-11-4-5-14(17)13(9-11)16(21)18(7-6-15(19)20)10-12-3-2-8-22-12/h4-5,9,12H,2-3,6-8,10H2,1H3,(H,19,20)/t12-/m1/s1. The summed E-state index contributed by atoms with van der Waals surface area (Å²) < 4.78 is 19.4. The van der Waals surface area contributed by atoms with Crippen LogP contribution >= 0.6 is 0 Å². The van der Waals surface area contributed by atoms with Gasteiger partial charge in [0.15, 0.2) is 0 Å². The molecule has 1 heterocycles. The minimum Gasteiger partial charge on any atom is -0.481 e. The highest BCUT2D eigenvalue weighted by molar-refractivity contribution is 5.94. The van der Waals surface area contributed by atoms with Gasteiger partial charge in [-0.1, -0.05) is 11.6 Å². The molecule has 1 aromatic rings. The van der Waals surface area contributed by atoms with Crippen LogP contribution in [0.4, 0.5) is 4.39 Å². The Labute approximate surface area is 128 Å². The van der Waals surface area contributed by atoms with Crippen LogP contribution in [0.5, 0.6) is 0 Å². The van der Waals surface area contributed by atoms with Gasteiger partial charge in [0.25, 0.3) is 5.91 Å². The van der Waals surface area contributed by atoms with E-state index in [0.717, 1.165) is 18.4 Å². The molecule has 2 rings (SSSR count). The average molecular weight is 309 g/mol. The molecule has 1 aliphatic heterocycles. The van der Waals surface area contributed by atoms with Gasteiger partial charge in [-0.05, 0) is 31.9 Å². The van der Waals surface area contributed by atoms with E-state index in [4.69, 9.17) is 9.84 Å². The smallest absolute Gasteiger partial charge is 0.305 e. The molecule has 1 atom stereocenters. The van der Waals surface area contributed by atoms with Crippen molar-refractivity contribution in [2.75, 3.05) is 19.7 Å². The summed E-state index contributed by atoms with van der Waals surface area (Å²) in [5, 5.41) is 8.83. The number of hydrogen-bond donors (Lipinski definition) is 1. The molecule has 0 spiro atoms. The van der Waals surface area contributed by atoms with Crippen molar-refractivity contribution in [3.8, 4) is 0 Å². The Morgan fingerprint density at radius 2 is 2.23 bits per heavy atom. The molecular formula is C16H20FNO4. The van der Waals surface area contributed by atoms with Gasteiger partial charge < -0.3 is 14.7 Å². The van der Waals surface area contributed by atoms with Crippen molar-refractivity contribution >= 4 is 11.9 Å². The molecule has 5 nitrogen and oxygen atoms in total. The second kappa shape index (κ2) is 7.35. The zero-order valence-electron chi connectivity index (χ0n) is 12.5. The number of carboxylic acid groups (broad SMARTS) is 1. The number of aryl methyl sites for hydroxylation is 1. The first kappa shape index (κ1) is 16.4. The lowest BCUT2D eigenvalue weighted by molar-refractivity contribution is -0.137.